The van der Waals surface area contributed by atoms with Crippen molar-refractivity contribution < 1.29 is 18.0 Å². The molecule has 1 aliphatic rings. The van der Waals surface area contributed by atoms with Crippen LogP contribution in [-0.4, -0.2) is 55.1 Å². The summed E-state index contributed by atoms with van der Waals surface area (Å²) in [7, 11) is 0. The Hall–Kier alpha value is -1.34. The Morgan fingerprint density at radius 2 is 1.95 bits per heavy atom. The quantitative estimate of drug-likeness (QED) is 0.803. The molecule has 1 aromatic rings. The van der Waals surface area contributed by atoms with Crippen molar-refractivity contribution >= 4 is 23.7 Å². The average Bonchev–Trinajstić information content (AvgIpc) is 2.38. The highest BCUT2D eigenvalue weighted by Crippen LogP contribution is 2.25. The zero-order chi connectivity index (χ0) is 14.8. The number of halogens is 4. The van der Waals surface area contributed by atoms with Crippen LogP contribution < -0.4 is 4.90 Å². The Balaban J connectivity index is 1.98. The molecule has 4 nitrogen and oxygen atoms in total. The summed E-state index contributed by atoms with van der Waals surface area (Å²) in [5, 5.41) is 0.332. The molecule has 0 saturated carbocycles. The first-order chi connectivity index (χ1) is 9.39. The van der Waals surface area contributed by atoms with E-state index in [1.165, 1.54) is 17.2 Å². The highest BCUT2D eigenvalue weighted by atomic mass is 35.5. The number of aldehydes is 1. The fourth-order valence-corrected chi connectivity index (χ4v) is 2.41. The van der Waals surface area contributed by atoms with Crippen LogP contribution in [0, 0.1) is 0 Å². The third-order valence-corrected chi connectivity index (χ3v) is 3.33. The van der Waals surface area contributed by atoms with Gasteiger partial charge in [-0.05, 0) is 6.07 Å². The molecule has 1 aliphatic heterocycles. The molecule has 8 heteroatoms. The molecular formula is C12H13ClF3N3O. The van der Waals surface area contributed by atoms with Gasteiger partial charge < -0.3 is 4.90 Å². The lowest BCUT2D eigenvalue weighted by molar-refractivity contribution is -0.146. The molecule has 0 atom stereocenters. The number of piperazine rings is 1. The van der Waals surface area contributed by atoms with Crippen molar-refractivity contribution in [3.05, 3.63) is 22.8 Å². The number of aromatic nitrogens is 1. The van der Waals surface area contributed by atoms with Crippen molar-refractivity contribution in [3.8, 4) is 0 Å². The Morgan fingerprint density at radius 3 is 2.45 bits per heavy atom. The normalized spacial score (nSPS) is 17.3. The van der Waals surface area contributed by atoms with Crippen LogP contribution in [0.2, 0.25) is 5.02 Å². The second-order valence-electron chi connectivity index (χ2n) is 4.57. The van der Waals surface area contributed by atoms with Gasteiger partial charge in [0, 0.05) is 37.9 Å². The lowest BCUT2D eigenvalue weighted by Gasteiger charge is -2.35. The number of carbonyl (C=O) groups is 1. The number of anilines is 1. The summed E-state index contributed by atoms with van der Waals surface area (Å²) in [5.74, 6) is 0.504. The second-order valence-corrected chi connectivity index (χ2v) is 4.98. The summed E-state index contributed by atoms with van der Waals surface area (Å²) in [6.45, 7) is 0.540. The van der Waals surface area contributed by atoms with Crippen molar-refractivity contribution in [2.24, 2.45) is 0 Å². The standard InChI is InChI=1S/C12H13ClF3N3O/c13-10-5-9(7-20)6-17-11(10)19-3-1-18(2-4-19)8-12(14,15)16/h5-7H,1-4,8H2. The minimum Gasteiger partial charge on any atom is -0.353 e. The van der Waals surface area contributed by atoms with Crippen LogP contribution in [0.15, 0.2) is 12.3 Å². The smallest absolute Gasteiger partial charge is 0.353 e. The fraction of sp³-hybridized carbons (Fsp3) is 0.500. The SMILES string of the molecule is O=Cc1cnc(N2CCN(CC(F)(F)F)CC2)c(Cl)c1. The van der Waals surface area contributed by atoms with Crippen LogP contribution in [-0.2, 0) is 0 Å². The first kappa shape index (κ1) is 15.1. The van der Waals surface area contributed by atoms with Gasteiger partial charge in [-0.25, -0.2) is 4.98 Å². The first-order valence-corrected chi connectivity index (χ1v) is 6.41. The van der Waals surface area contributed by atoms with Crippen molar-refractivity contribution in [1.29, 1.82) is 0 Å². The molecule has 2 rings (SSSR count). The van der Waals surface area contributed by atoms with E-state index in [9.17, 15) is 18.0 Å². The van der Waals surface area contributed by atoms with Crippen LogP contribution in [0.25, 0.3) is 0 Å². The van der Waals surface area contributed by atoms with E-state index in [1.54, 1.807) is 0 Å². The van der Waals surface area contributed by atoms with Crippen molar-refractivity contribution in [3.63, 3.8) is 0 Å². The van der Waals surface area contributed by atoms with Gasteiger partial charge in [0.15, 0.2) is 6.29 Å². The Morgan fingerprint density at radius 1 is 1.30 bits per heavy atom. The second kappa shape index (κ2) is 5.97. The summed E-state index contributed by atoms with van der Waals surface area (Å²) >= 11 is 6.03. The molecule has 0 aliphatic carbocycles. The van der Waals surface area contributed by atoms with Gasteiger partial charge in [-0.15, -0.1) is 0 Å². The maximum atomic E-state index is 12.3. The monoisotopic (exact) mass is 307 g/mol. The molecule has 0 radical (unpaired) electrons. The molecule has 0 bridgehead atoms. The van der Waals surface area contributed by atoms with Gasteiger partial charge in [0.25, 0.3) is 0 Å². The van der Waals surface area contributed by atoms with Gasteiger partial charge in [-0.2, -0.15) is 13.2 Å². The molecular weight excluding hydrogens is 295 g/mol. The molecule has 1 saturated heterocycles. The number of hydrogen-bond donors (Lipinski definition) is 0. The van der Waals surface area contributed by atoms with E-state index in [4.69, 9.17) is 11.6 Å². The highest BCUT2D eigenvalue weighted by molar-refractivity contribution is 6.33. The lowest BCUT2D eigenvalue weighted by Crippen LogP contribution is -2.49. The van der Waals surface area contributed by atoms with Crippen molar-refractivity contribution in [2.75, 3.05) is 37.6 Å². The number of alkyl halides is 3. The maximum Gasteiger partial charge on any atom is 0.401 e. The number of pyridine rings is 1. The molecule has 0 aromatic carbocycles. The van der Waals surface area contributed by atoms with E-state index in [-0.39, 0.29) is 0 Å². The molecule has 0 N–H and O–H groups in total. The van der Waals surface area contributed by atoms with Gasteiger partial charge in [0.1, 0.15) is 5.82 Å². The predicted octanol–water partition coefficient (Wildman–Crippen LogP) is 2.23. The summed E-state index contributed by atoms with van der Waals surface area (Å²) in [6, 6.07) is 1.50. The van der Waals surface area contributed by atoms with Crippen LogP contribution in [0.1, 0.15) is 10.4 Å². The molecule has 2 heterocycles. The lowest BCUT2D eigenvalue weighted by atomic mass is 10.2. The zero-order valence-corrected chi connectivity index (χ0v) is 11.3. The molecule has 20 heavy (non-hydrogen) atoms. The van der Waals surface area contributed by atoms with Crippen molar-refractivity contribution in [1.82, 2.24) is 9.88 Å². The van der Waals surface area contributed by atoms with Crippen molar-refractivity contribution in [2.45, 2.75) is 6.18 Å². The van der Waals surface area contributed by atoms with Crippen LogP contribution in [0.5, 0.6) is 0 Å². The average molecular weight is 308 g/mol. The number of nitrogens with zero attached hydrogens (tertiary/aromatic N) is 3. The van der Waals surface area contributed by atoms with E-state index in [2.05, 4.69) is 4.98 Å². The Bertz CT molecular complexity index is 487. The largest absolute Gasteiger partial charge is 0.401 e. The molecule has 0 amide bonds. The maximum absolute atomic E-state index is 12.3. The molecule has 110 valence electrons. The number of carbonyl (C=O) groups excluding carboxylic acids is 1. The Labute approximate surface area is 119 Å². The van der Waals surface area contributed by atoms with E-state index in [0.717, 1.165) is 0 Å². The number of rotatable bonds is 3. The number of hydrogen-bond acceptors (Lipinski definition) is 4. The molecule has 1 fully saturated rings. The van der Waals surface area contributed by atoms with E-state index >= 15 is 0 Å². The van der Waals surface area contributed by atoms with Crippen LogP contribution in [0.3, 0.4) is 0 Å². The molecule has 1 aromatic heterocycles. The summed E-state index contributed by atoms with van der Waals surface area (Å²) in [5.41, 5.74) is 0.370. The topological polar surface area (TPSA) is 36.4 Å². The Kier molecular flexibility index (Phi) is 4.49. The van der Waals surface area contributed by atoms with Crippen LogP contribution >= 0.6 is 11.6 Å². The predicted molar refractivity (Wildman–Crippen MR) is 69.3 cm³/mol. The van der Waals surface area contributed by atoms with E-state index in [1.807, 2.05) is 4.90 Å². The fourth-order valence-electron chi connectivity index (χ4n) is 2.11. The summed E-state index contributed by atoms with van der Waals surface area (Å²) in [4.78, 5) is 17.9. The molecule has 0 unspecified atom stereocenters. The van der Waals surface area contributed by atoms with Gasteiger partial charge >= 0.3 is 6.18 Å². The minimum absolute atomic E-state index is 0.299. The van der Waals surface area contributed by atoms with E-state index < -0.39 is 12.7 Å². The van der Waals surface area contributed by atoms with Gasteiger partial charge in [-0.1, -0.05) is 11.6 Å². The van der Waals surface area contributed by atoms with Gasteiger partial charge in [0.05, 0.1) is 11.6 Å². The summed E-state index contributed by atoms with van der Waals surface area (Å²) in [6.07, 6.45) is -2.14. The summed E-state index contributed by atoms with van der Waals surface area (Å²) < 4.78 is 36.9. The van der Waals surface area contributed by atoms with Gasteiger partial charge in [-0.3, -0.25) is 9.69 Å². The minimum atomic E-state index is -4.18. The van der Waals surface area contributed by atoms with E-state index in [0.29, 0.717) is 48.9 Å². The molecule has 0 spiro atoms. The highest BCUT2D eigenvalue weighted by Gasteiger charge is 2.32. The third kappa shape index (κ3) is 3.83. The first-order valence-electron chi connectivity index (χ1n) is 6.04. The third-order valence-electron chi connectivity index (χ3n) is 3.05. The van der Waals surface area contributed by atoms with Crippen LogP contribution in [0.4, 0.5) is 19.0 Å². The van der Waals surface area contributed by atoms with Gasteiger partial charge in [0.2, 0.25) is 0 Å². The zero-order valence-electron chi connectivity index (χ0n) is 10.5.